The molecule has 1 aromatic carbocycles. The zero-order valence-corrected chi connectivity index (χ0v) is 6.43. The molecule has 54 valence electrons. The zero-order valence-electron chi connectivity index (χ0n) is 5.68. The number of hydrogen-bond donors (Lipinski definition) is 1. The predicted octanol–water partition coefficient (Wildman–Crippen LogP) is 2.05. The number of halogens is 1. The van der Waals surface area contributed by atoms with Gasteiger partial charge in [-0.3, -0.25) is 0 Å². The lowest BCUT2D eigenvalue weighted by Crippen LogP contribution is -1.93. The summed E-state index contributed by atoms with van der Waals surface area (Å²) in [4.78, 5) is 0. The van der Waals surface area contributed by atoms with Gasteiger partial charge in [0.2, 0.25) is 0 Å². The predicted molar refractivity (Wildman–Crippen MR) is 45.3 cm³/mol. The van der Waals surface area contributed by atoms with Crippen LogP contribution in [0.4, 0.5) is 5.69 Å². The van der Waals surface area contributed by atoms with E-state index in [1.807, 2.05) is 24.3 Å². The third kappa shape index (κ3) is 1.64. The Morgan fingerprint density at radius 3 is 2.60 bits per heavy atom. The first-order valence-corrected chi connectivity index (χ1v) is 3.77. The van der Waals surface area contributed by atoms with Gasteiger partial charge >= 0.3 is 0 Å². The molecule has 0 atom stereocenters. The molecule has 0 saturated carbocycles. The number of benzene rings is 1. The summed E-state index contributed by atoms with van der Waals surface area (Å²) in [5.74, 6) is 0.633. The summed E-state index contributed by atoms with van der Waals surface area (Å²) in [6.45, 7) is 0. The fourth-order valence-electron chi connectivity index (χ4n) is 0.864. The third-order valence-electron chi connectivity index (χ3n) is 1.42. The second kappa shape index (κ2) is 3.47. The molecule has 0 fully saturated rings. The Morgan fingerprint density at radius 2 is 2.00 bits per heavy atom. The van der Waals surface area contributed by atoms with Crippen LogP contribution < -0.4 is 5.73 Å². The molecule has 0 aliphatic carbocycles. The van der Waals surface area contributed by atoms with Crippen LogP contribution in [0.3, 0.4) is 0 Å². The average Bonchev–Trinajstić information content (AvgIpc) is 1.94. The number of nitrogen functional groups attached to an aromatic ring is 1. The van der Waals surface area contributed by atoms with Gasteiger partial charge in [-0.05, 0) is 18.1 Å². The first-order chi connectivity index (χ1) is 4.84. The highest BCUT2D eigenvalue weighted by Gasteiger charge is 1.93. The van der Waals surface area contributed by atoms with Crippen LogP contribution in [0.1, 0.15) is 5.56 Å². The molecule has 0 saturated heterocycles. The van der Waals surface area contributed by atoms with Crippen molar-refractivity contribution in [3.05, 3.63) is 29.8 Å². The minimum absolute atomic E-state index is 0.633. The summed E-state index contributed by atoms with van der Waals surface area (Å²) in [5, 5.41) is 0. The van der Waals surface area contributed by atoms with Gasteiger partial charge < -0.3 is 5.73 Å². The number of rotatable bonds is 2. The summed E-state index contributed by atoms with van der Waals surface area (Å²) < 4.78 is 0. The van der Waals surface area contributed by atoms with E-state index in [0.29, 0.717) is 5.88 Å². The molecule has 1 nitrogen and oxygen atoms in total. The smallest absolute Gasteiger partial charge is 0.0346 e. The summed E-state index contributed by atoms with van der Waals surface area (Å²) in [6.07, 6.45) is 0.855. The first kappa shape index (κ1) is 7.42. The van der Waals surface area contributed by atoms with Crippen LogP contribution in [0.15, 0.2) is 24.3 Å². The monoisotopic (exact) mass is 155 g/mol. The van der Waals surface area contributed by atoms with Gasteiger partial charge in [0, 0.05) is 11.6 Å². The van der Waals surface area contributed by atoms with Gasteiger partial charge in [0.05, 0.1) is 0 Å². The first-order valence-electron chi connectivity index (χ1n) is 3.24. The summed E-state index contributed by atoms with van der Waals surface area (Å²) in [7, 11) is 0. The fourth-order valence-corrected chi connectivity index (χ4v) is 1.07. The quantitative estimate of drug-likeness (QED) is 0.514. The van der Waals surface area contributed by atoms with Crippen molar-refractivity contribution >= 4 is 17.3 Å². The molecular weight excluding hydrogens is 146 g/mol. The lowest BCUT2D eigenvalue weighted by atomic mass is 10.1. The molecule has 10 heavy (non-hydrogen) atoms. The van der Waals surface area contributed by atoms with Gasteiger partial charge in [-0.1, -0.05) is 18.2 Å². The van der Waals surface area contributed by atoms with E-state index in [9.17, 15) is 0 Å². The van der Waals surface area contributed by atoms with Crippen molar-refractivity contribution in [2.75, 3.05) is 11.6 Å². The topological polar surface area (TPSA) is 26.0 Å². The summed E-state index contributed by atoms with van der Waals surface area (Å²) in [6, 6.07) is 7.78. The molecule has 0 heterocycles. The van der Waals surface area contributed by atoms with Crippen LogP contribution >= 0.6 is 11.6 Å². The van der Waals surface area contributed by atoms with Gasteiger partial charge in [0.25, 0.3) is 0 Å². The van der Waals surface area contributed by atoms with Crippen LogP contribution in [0.25, 0.3) is 0 Å². The molecule has 0 aliphatic heterocycles. The fraction of sp³-hybridized carbons (Fsp3) is 0.250. The van der Waals surface area contributed by atoms with E-state index >= 15 is 0 Å². The number of para-hydroxylation sites is 1. The molecule has 2 heteroatoms. The summed E-state index contributed by atoms with van der Waals surface area (Å²) >= 11 is 5.55. The van der Waals surface area contributed by atoms with Crippen LogP contribution in [-0.2, 0) is 6.42 Å². The highest BCUT2D eigenvalue weighted by atomic mass is 35.5. The Balaban J connectivity index is 2.81. The van der Waals surface area contributed by atoms with Crippen molar-refractivity contribution < 1.29 is 0 Å². The standard InChI is InChI=1S/C8H10ClN/c9-6-5-7-3-1-2-4-8(7)10/h1-4H,5-6,10H2. The normalized spacial score (nSPS) is 9.70. The van der Waals surface area contributed by atoms with Crippen molar-refractivity contribution in [1.29, 1.82) is 0 Å². The van der Waals surface area contributed by atoms with Gasteiger partial charge in [-0.25, -0.2) is 0 Å². The van der Waals surface area contributed by atoms with Crippen molar-refractivity contribution in [3.63, 3.8) is 0 Å². The lowest BCUT2D eigenvalue weighted by molar-refractivity contribution is 1.15. The molecule has 0 radical (unpaired) electrons. The van der Waals surface area contributed by atoms with Crippen LogP contribution in [-0.4, -0.2) is 5.88 Å². The Hall–Kier alpha value is -0.690. The van der Waals surface area contributed by atoms with E-state index in [4.69, 9.17) is 17.3 Å². The minimum Gasteiger partial charge on any atom is -0.399 e. The number of anilines is 1. The van der Waals surface area contributed by atoms with Gasteiger partial charge in [0.15, 0.2) is 0 Å². The highest BCUT2D eigenvalue weighted by molar-refractivity contribution is 6.18. The highest BCUT2D eigenvalue weighted by Crippen LogP contribution is 2.10. The average molecular weight is 156 g/mol. The maximum Gasteiger partial charge on any atom is 0.0346 e. The molecule has 2 N–H and O–H groups in total. The Morgan fingerprint density at radius 1 is 1.30 bits per heavy atom. The van der Waals surface area contributed by atoms with Gasteiger partial charge in [-0.2, -0.15) is 0 Å². The second-order valence-corrected chi connectivity index (χ2v) is 2.52. The molecule has 1 aromatic rings. The Labute approximate surface area is 65.8 Å². The van der Waals surface area contributed by atoms with Crippen molar-refractivity contribution in [2.45, 2.75) is 6.42 Å². The van der Waals surface area contributed by atoms with E-state index in [1.165, 1.54) is 0 Å². The number of aryl methyl sites for hydroxylation is 1. The van der Waals surface area contributed by atoms with E-state index in [0.717, 1.165) is 17.7 Å². The summed E-state index contributed by atoms with van der Waals surface area (Å²) in [5.41, 5.74) is 7.62. The SMILES string of the molecule is Nc1ccccc1CCCl. The zero-order chi connectivity index (χ0) is 7.40. The Bertz CT molecular complexity index is 210. The number of nitrogens with two attached hydrogens (primary N) is 1. The largest absolute Gasteiger partial charge is 0.399 e. The van der Waals surface area contributed by atoms with Crippen LogP contribution in [0.5, 0.6) is 0 Å². The van der Waals surface area contributed by atoms with Gasteiger partial charge in [0.1, 0.15) is 0 Å². The molecule has 0 amide bonds. The minimum atomic E-state index is 0.633. The number of alkyl halides is 1. The molecule has 0 aromatic heterocycles. The van der Waals surface area contributed by atoms with E-state index < -0.39 is 0 Å². The maximum absolute atomic E-state index is 5.65. The maximum atomic E-state index is 5.65. The molecule has 0 bridgehead atoms. The van der Waals surface area contributed by atoms with Gasteiger partial charge in [-0.15, -0.1) is 11.6 Å². The van der Waals surface area contributed by atoms with Crippen molar-refractivity contribution in [2.24, 2.45) is 0 Å². The third-order valence-corrected chi connectivity index (χ3v) is 1.61. The van der Waals surface area contributed by atoms with Crippen molar-refractivity contribution in [3.8, 4) is 0 Å². The van der Waals surface area contributed by atoms with E-state index in [1.54, 1.807) is 0 Å². The van der Waals surface area contributed by atoms with Crippen LogP contribution in [0, 0.1) is 0 Å². The molecule has 0 aliphatic rings. The second-order valence-electron chi connectivity index (χ2n) is 2.14. The lowest BCUT2D eigenvalue weighted by Gasteiger charge is -2.00. The molecular formula is C8H10ClN. The molecule has 0 spiro atoms. The van der Waals surface area contributed by atoms with E-state index in [2.05, 4.69) is 0 Å². The van der Waals surface area contributed by atoms with Crippen LogP contribution in [0.2, 0.25) is 0 Å². The number of hydrogen-bond acceptors (Lipinski definition) is 1. The van der Waals surface area contributed by atoms with Crippen molar-refractivity contribution in [1.82, 2.24) is 0 Å². The van der Waals surface area contributed by atoms with E-state index in [-0.39, 0.29) is 0 Å². The molecule has 1 rings (SSSR count). The Kier molecular flexibility index (Phi) is 2.57. The molecule has 0 unspecified atom stereocenters.